The largest absolute Gasteiger partial charge is 0.508 e. The number of phenols is 1. The molecule has 0 saturated carbocycles. The van der Waals surface area contributed by atoms with Crippen LogP contribution in [-0.4, -0.2) is 43.8 Å². The molecule has 1 N–H and O–H groups in total. The minimum Gasteiger partial charge on any atom is -0.508 e. The van der Waals surface area contributed by atoms with Gasteiger partial charge in [0.15, 0.2) is 0 Å². The highest BCUT2D eigenvalue weighted by Crippen LogP contribution is 2.31. The molecule has 1 aromatic rings. The Kier molecular flexibility index (Phi) is 3.42. The molecule has 0 aromatic heterocycles. The Morgan fingerprint density at radius 1 is 1.14 bits per heavy atom. The van der Waals surface area contributed by atoms with Crippen LogP contribution in [0.25, 0.3) is 0 Å². The zero-order chi connectivity index (χ0) is 15.1. The number of thioether (sulfide) groups is 1. The normalized spacial score (nSPS) is 22.6. The summed E-state index contributed by atoms with van der Waals surface area (Å²) < 4.78 is 0.332. The number of thiocarbonyl (C=S) groups is 1. The van der Waals surface area contributed by atoms with Gasteiger partial charge in [-0.15, -0.1) is 0 Å². The Morgan fingerprint density at radius 2 is 1.81 bits per heavy atom. The minimum absolute atomic E-state index is 0.0432. The van der Waals surface area contributed by atoms with E-state index in [0.29, 0.717) is 10.0 Å². The number of phenolic OH excluding ortho intramolecular Hbond substituents is 1. The summed E-state index contributed by atoms with van der Waals surface area (Å²) in [6.07, 6.45) is -0.0772. The van der Waals surface area contributed by atoms with Crippen molar-refractivity contribution < 1.29 is 19.5 Å². The number of imide groups is 1. The molecule has 2 aliphatic rings. The van der Waals surface area contributed by atoms with Gasteiger partial charge in [-0.1, -0.05) is 24.0 Å². The molecule has 8 heteroatoms. The average Bonchev–Trinajstić information content (AvgIpc) is 2.91. The summed E-state index contributed by atoms with van der Waals surface area (Å²) in [6.45, 7) is 0. The molecule has 3 amide bonds. The van der Waals surface area contributed by atoms with Crippen molar-refractivity contribution in [2.45, 2.75) is 12.5 Å². The van der Waals surface area contributed by atoms with Crippen LogP contribution in [0, 0.1) is 0 Å². The Balaban J connectivity index is 1.90. The number of nitrogens with zero attached hydrogens (tertiary/aromatic N) is 2. The van der Waals surface area contributed by atoms with Gasteiger partial charge in [-0.2, -0.15) is 0 Å². The lowest BCUT2D eigenvalue weighted by atomic mass is 10.2. The third-order valence-corrected chi connectivity index (χ3v) is 4.71. The predicted molar refractivity (Wildman–Crippen MR) is 80.9 cm³/mol. The molecule has 0 bridgehead atoms. The number of carbonyl (C=O) groups is 3. The fourth-order valence-electron chi connectivity index (χ4n) is 2.36. The first-order chi connectivity index (χ1) is 9.99. The van der Waals surface area contributed by atoms with Gasteiger partial charge >= 0.3 is 0 Å². The average molecular weight is 322 g/mol. The lowest BCUT2D eigenvalue weighted by molar-refractivity contribution is -0.131. The number of carbonyl (C=O) groups excluding carboxylic acids is 3. The summed E-state index contributed by atoms with van der Waals surface area (Å²) in [5, 5.41) is 9.26. The Hall–Kier alpha value is -1.93. The van der Waals surface area contributed by atoms with Crippen molar-refractivity contribution in [3.05, 3.63) is 24.3 Å². The zero-order valence-corrected chi connectivity index (χ0v) is 12.3. The Bertz CT molecular complexity index is 643. The lowest BCUT2D eigenvalue weighted by Gasteiger charge is -2.21. The lowest BCUT2D eigenvalue weighted by Crippen LogP contribution is -2.44. The van der Waals surface area contributed by atoms with E-state index < -0.39 is 11.9 Å². The first-order valence-corrected chi connectivity index (χ1v) is 7.53. The summed E-state index contributed by atoms with van der Waals surface area (Å²) in [5.41, 5.74) is 0.371. The van der Waals surface area contributed by atoms with E-state index in [-0.39, 0.29) is 29.7 Å². The van der Waals surface area contributed by atoms with Crippen molar-refractivity contribution in [1.29, 1.82) is 0 Å². The number of hydrogen-bond acceptors (Lipinski definition) is 6. The van der Waals surface area contributed by atoms with Crippen LogP contribution in [-0.2, 0) is 14.4 Å². The molecule has 21 heavy (non-hydrogen) atoms. The fraction of sp³-hybridized carbons (Fsp3) is 0.231. The molecular weight excluding hydrogens is 312 g/mol. The monoisotopic (exact) mass is 322 g/mol. The maximum atomic E-state index is 12.5. The van der Waals surface area contributed by atoms with E-state index in [1.165, 1.54) is 40.9 Å². The van der Waals surface area contributed by atoms with Crippen molar-refractivity contribution in [3.63, 3.8) is 0 Å². The molecule has 1 unspecified atom stereocenters. The van der Waals surface area contributed by atoms with Crippen LogP contribution in [0.4, 0.5) is 5.69 Å². The van der Waals surface area contributed by atoms with Gasteiger partial charge in [-0.25, -0.2) is 4.90 Å². The first-order valence-electron chi connectivity index (χ1n) is 6.13. The maximum Gasteiger partial charge on any atom is 0.257 e. The van der Waals surface area contributed by atoms with Crippen LogP contribution in [0.1, 0.15) is 6.42 Å². The van der Waals surface area contributed by atoms with E-state index in [1.807, 2.05) is 0 Å². The van der Waals surface area contributed by atoms with Crippen molar-refractivity contribution in [1.82, 2.24) is 4.90 Å². The van der Waals surface area contributed by atoms with Crippen LogP contribution >= 0.6 is 24.0 Å². The molecule has 3 rings (SSSR count). The number of aromatic hydroxyl groups is 1. The number of rotatable bonds is 2. The van der Waals surface area contributed by atoms with Gasteiger partial charge in [0.2, 0.25) is 11.8 Å². The number of amides is 3. The Morgan fingerprint density at radius 3 is 2.38 bits per heavy atom. The van der Waals surface area contributed by atoms with Gasteiger partial charge in [0, 0.05) is 0 Å². The second-order valence-electron chi connectivity index (χ2n) is 4.62. The van der Waals surface area contributed by atoms with Gasteiger partial charge in [0.25, 0.3) is 5.91 Å². The molecule has 2 aliphatic heterocycles. The van der Waals surface area contributed by atoms with Gasteiger partial charge in [0.1, 0.15) is 16.1 Å². The molecule has 0 aliphatic carbocycles. The van der Waals surface area contributed by atoms with Crippen LogP contribution in [0.2, 0.25) is 0 Å². The van der Waals surface area contributed by atoms with Gasteiger partial charge < -0.3 is 5.11 Å². The van der Waals surface area contributed by atoms with Crippen LogP contribution < -0.4 is 4.90 Å². The topological polar surface area (TPSA) is 77.9 Å². The quantitative estimate of drug-likeness (QED) is 0.643. The Labute approximate surface area is 129 Å². The number of anilines is 1. The molecule has 108 valence electrons. The van der Waals surface area contributed by atoms with E-state index >= 15 is 0 Å². The molecule has 1 aromatic carbocycles. The number of benzene rings is 1. The van der Waals surface area contributed by atoms with Gasteiger partial charge in [-0.05, 0) is 24.3 Å². The van der Waals surface area contributed by atoms with Gasteiger partial charge in [-0.3, -0.25) is 19.3 Å². The maximum absolute atomic E-state index is 12.5. The van der Waals surface area contributed by atoms with Crippen LogP contribution in [0.15, 0.2) is 24.3 Å². The van der Waals surface area contributed by atoms with Crippen molar-refractivity contribution in [2.24, 2.45) is 0 Å². The SMILES string of the molecule is O=C1CC(N2C(=O)CSC2=S)C(=O)N1c1ccc(O)cc1. The summed E-state index contributed by atoms with van der Waals surface area (Å²) in [6, 6.07) is 4.88. The fourth-order valence-corrected chi connectivity index (χ4v) is 3.52. The summed E-state index contributed by atoms with van der Waals surface area (Å²) >= 11 is 6.27. The molecule has 0 spiro atoms. The van der Waals surface area contributed by atoms with Crippen molar-refractivity contribution in [3.8, 4) is 5.75 Å². The summed E-state index contributed by atoms with van der Waals surface area (Å²) in [5.74, 6) is -0.854. The van der Waals surface area contributed by atoms with Crippen molar-refractivity contribution >= 4 is 51.7 Å². The third kappa shape index (κ3) is 2.30. The molecule has 1 atom stereocenters. The van der Waals surface area contributed by atoms with E-state index in [2.05, 4.69) is 0 Å². The van der Waals surface area contributed by atoms with E-state index in [4.69, 9.17) is 12.2 Å². The number of hydrogen-bond donors (Lipinski definition) is 1. The van der Waals surface area contributed by atoms with E-state index in [1.54, 1.807) is 0 Å². The summed E-state index contributed by atoms with van der Waals surface area (Å²) in [7, 11) is 0. The highest BCUT2D eigenvalue weighted by molar-refractivity contribution is 8.23. The first kappa shape index (κ1) is 14.0. The standard InChI is InChI=1S/C13H10N2O4S2/c16-8-3-1-7(2-4-8)14-10(17)5-9(12(14)19)15-11(18)6-21-13(15)20/h1-4,9,16H,5-6H2. The summed E-state index contributed by atoms with van der Waals surface area (Å²) in [4.78, 5) is 38.6. The predicted octanol–water partition coefficient (Wildman–Crippen LogP) is 0.884. The molecule has 2 fully saturated rings. The molecule has 6 nitrogen and oxygen atoms in total. The van der Waals surface area contributed by atoms with E-state index in [9.17, 15) is 19.5 Å². The second-order valence-corrected chi connectivity index (χ2v) is 6.23. The van der Waals surface area contributed by atoms with Crippen LogP contribution in [0.5, 0.6) is 5.75 Å². The smallest absolute Gasteiger partial charge is 0.257 e. The molecule has 2 saturated heterocycles. The highest BCUT2D eigenvalue weighted by Gasteiger charge is 2.47. The zero-order valence-electron chi connectivity index (χ0n) is 10.7. The third-order valence-electron chi connectivity index (χ3n) is 3.33. The van der Waals surface area contributed by atoms with Crippen LogP contribution in [0.3, 0.4) is 0 Å². The second kappa shape index (κ2) is 5.12. The van der Waals surface area contributed by atoms with Gasteiger partial charge in [0.05, 0.1) is 17.9 Å². The molecule has 0 radical (unpaired) electrons. The molecule has 2 heterocycles. The van der Waals surface area contributed by atoms with E-state index in [0.717, 1.165) is 4.90 Å². The molecular formula is C13H10N2O4S2. The highest BCUT2D eigenvalue weighted by atomic mass is 32.2. The van der Waals surface area contributed by atoms with Crippen molar-refractivity contribution in [2.75, 3.05) is 10.7 Å². The minimum atomic E-state index is -0.860.